The Hall–Kier alpha value is -5.59. The van der Waals surface area contributed by atoms with Crippen LogP contribution in [0.1, 0.15) is 49.4 Å². The number of carbonyl (C=O) groups is 3. The number of hydrogen-bond donors (Lipinski definition) is 3. The number of halogens is 3. The van der Waals surface area contributed by atoms with Gasteiger partial charge in [0.1, 0.15) is 11.5 Å². The molecule has 3 N–H and O–H groups in total. The van der Waals surface area contributed by atoms with Crippen molar-refractivity contribution in [2.75, 3.05) is 11.9 Å². The van der Waals surface area contributed by atoms with Gasteiger partial charge in [-0.15, -0.1) is 0 Å². The van der Waals surface area contributed by atoms with Gasteiger partial charge in [0.2, 0.25) is 11.8 Å². The average molecular weight is 640 g/mol. The summed E-state index contributed by atoms with van der Waals surface area (Å²) >= 11 is 0. The third-order valence-electron chi connectivity index (χ3n) is 9.02. The Kier molecular flexibility index (Phi) is 7.26. The highest BCUT2D eigenvalue weighted by atomic mass is 19.4. The van der Waals surface area contributed by atoms with Gasteiger partial charge in [0.15, 0.2) is 0 Å². The standard InChI is InChI=1S/C34H28F3N7O3/c1-19-4-9-27-24(15-41-43-27)25(19)18-44(17-20-5-7-23(8-6-20)34(35,36)37)29(45)16-40-31(46)28-11-21-12-33(13-22(21)14-39-28)26-3-2-10-38-30(26)42-32(33)47/h2-11,14-15H,12-13,16-18H2,1H3,(H,40,46)(H,41,43)(H,38,42,47). The zero-order chi connectivity index (χ0) is 32.9. The molecule has 2 aliphatic rings. The van der Waals surface area contributed by atoms with Gasteiger partial charge in [-0.25, -0.2) is 4.98 Å². The van der Waals surface area contributed by atoms with Crippen LogP contribution in [0.4, 0.5) is 19.0 Å². The largest absolute Gasteiger partial charge is 0.416 e. The second-order valence-electron chi connectivity index (χ2n) is 11.9. The van der Waals surface area contributed by atoms with Gasteiger partial charge in [-0.2, -0.15) is 18.3 Å². The molecule has 1 unspecified atom stereocenters. The number of rotatable bonds is 7. The van der Waals surface area contributed by atoms with Crippen molar-refractivity contribution in [3.63, 3.8) is 0 Å². The lowest BCUT2D eigenvalue weighted by molar-refractivity contribution is -0.137. The van der Waals surface area contributed by atoms with Crippen LogP contribution < -0.4 is 10.6 Å². The molecule has 3 amide bonds. The quantitative estimate of drug-likeness (QED) is 0.238. The van der Waals surface area contributed by atoms with E-state index in [-0.39, 0.29) is 31.2 Å². The first-order valence-corrected chi connectivity index (χ1v) is 14.9. The topological polar surface area (TPSA) is 133 Å². The molecule has 0 saturated carbocycles. The van der Waals surface area contributed by atoms with Crippen LogP contribution in [-0.4, -0.2) is 49.3 Å². The molecule has 1 spiro atoms. The maximum absolute atomic E-state index is 13.6. The van der Waals surface area contributed by atoms with Crippen molar-refractivity contribution in [3.05, 3.63) is 118 Å². The number of hydrogen-bond acceptors (Lipinski definition) is 6. The molecule has 0 fully saturated rings. The van der Waals surface area contributed by atoms with Gasteiger partial charge in [0, 0.05) is 36.4 Å². The Balaban J connectivity index is 1.09. The molecule has 5 aromatic rings. The molecule has 13 heteroatoms. The number of H-pyrrole nitrogens is 1. The smallest absolute Gasteiger partial charge is 0.342 e. The minimum Gasteiger partial charge on any atom is -0.342 e. The summed E-state index contributed by atoms with van der Waals surface area (Å²) in [5.74, 6) is -0.615. The summed E-state index contributed by atoms with van der Waals surface area (Å²) in [7, 11) is 0. The van der Waals surface area contributed by atoms with Crippen LogP contribution in [0.3, 0.4) is 0 Å². The molecule has 1 aliphatic carbocycles. The summed E-state index contributed by atoms with van der Waals surface area (Å²) in [6.45, 7) is 1.68. The van der Waals surface area contributed by atoms with Crippen molar-refractivity contribution in [2.45, 2.75) is 44.4 Å². The fraction of sp³-hybridized carbons (Fsp3) is 0.235. The van der Waals surface area contributed by atoms with E-state index >= 15 is 0 Å². The van der Waals surface area contributed by atoms with Gasteiger partial charge in [-0.05, 0) is 77.9 Å². The molecular weight excluding hydrogens is 611 g/mol. The van der Waals surface area contributed by atoms with E-state index in [4.69, 9.17) is 0 Å². The van der Waals surface area contributed by atoms with Crippen molar-refractivity contribution < 1.29 is 27.6 Å². The second kappa shape index (κ2) is 11.3. The van der Waals surface area contributed by atoms with Crippen LogP contribution in [0.2, 0.25) is 0 Å². The molecule has 10 nitrogen and oxygen atoms in total. The number of aromatic amines is 1. The Bertz CT molecular complexity index is 2060. The van der Waals surface area contributed by atoms with Gasteiger partial charge in [-0.1, -0.05) is 24.3 Å². The first-order valence-electron chi connectivity index (χ1n) is 14.9. The van der Waals surface area contributed by atoms with E-state index in [1.165, 1.54) is 17.0 Å². The van der Waals surface area contributed by atoms with Crippen molar-refractivity contribution >= 4 is 34.4 Å². The van der Waals surface area contributed by atoms with E-state index in [1.807, 2.05) is 25.1 Å². The monoisotopic (exact) mass is 639 g/mol. The molecule has 47 heavy (non-hydrogen) atoms. The van der Waals surface area contributed by atoms with Crippen molar-refractivity contribution in [1.82, 2.24) is 30.4 Å². The van der Waals surface area contributed by atoms with E-state index in [9.17, 15) is 27.6 Å². The van der Waals surface area contributed by atoms with E-state index in [0.29, 0.717) is 24.2 Å². The first kappa shape index (κ1) is 30.1. The highest BCUT2D eigenvalue weighted by molar-refractivity contribution is 6.06. The predicted molar refractivity (Wildman–Crippen MR) is 165 cm³/mol. The van der Waals surface area contributed by atoms with Crippen molar-refractivity contribution in [2.24, 2.45) is 0 Å². The number of anilines is 1. The molecule has 238 valence electrons. The van der Waals surface area contributed by atoms with Gasteiger partial charge in [-0.3, -0.25) is 24.5 Å². The van der Waals surface area contributed by atoms with Crippen molar-refractivity contribution in [3.8, 4) is 0 Å². The zero-order valence-corrected chi connectivity index (χ0v) is 25.1. The predicted octanol–water partition coefficient (Wildman–Crippen LogP) is 4.63. The second-order valence-corrected chi connectivity index (χ2v) is 11.9. The number of nitrogens with one attached hydrogen (secondary N) is 3. The number of alkyl halides is 3. The fourth-order valence-corrected chi connectivity index (χ4v) is 6.47. The van der Waals surface area contributed by atoms with Crippen LogP contribution in [0.25, 0.3) is 10.9 Å². The summed E-state index contributed by atoms with van der Waals surface area (Å²) in [5, 5.41) is 13.3. The Morgan fingerprint density at radius 1 is 1.00 bits per heavy atom. The molecule has 0 radical (unpaired) electrons. The highest BCUT2D eigenvalue weighted by Gasteiger charge is 2.51. The Morgan fingerprint density at radius 2 is 1.79 bits per heavy atom. The molecule has 0 bridgehead atoms. The number of benzene rings is 2. The van der Waals surface area contributed by atoms with Crippen LogP contribution in [0.15, 0.2) is 73.2 Å². The number of carbonyl (C=O) groups excluding carboxylic acids is 3. The minimum absolute atomic E-state index is 0.0120. The summed E-state index contributed by atoms with van der Waals surface area (Å²) in [6, 6.07) is 13.7. The lowest BCUT2D eigenvalue weighted by Crippen LogP contribution is -2.40. The first-order chi connectivity index (χ1) is 22.5. The average Bonchev–Trinajstić information content (AvgIpc) is 3.76. The van der Waals surface area contributed by atoms with Crippen LogP contribution in [0, 0.1) is 6.92 Å². The molecule has 4 heterocycles. The molecule has 3 aromatic heterocycles. The fourth-order valence-electron chi connectivity index (χ4n) is 6.47. The summed E-state index contributed by atoms with van der Waals surface area (Å²) in [6.07, 6.45) is 1.21. The van der Waals surface area contributed by atoms with Gasteiger partial charge in [0.05, 0.1) is 29.2 Å². The number of fused-ring (bicyclic) bond motifs is 4. The summed E-state index contributed by atoms with van der Waals surface area (Å²) < 4.78 is 39.5. The number of nitrogens with zero attached hydrogens (tertiary/aromatic N) is 4. The van der Waals surface area contributed by atoms with Crippen LogP contribution in [-0.2, 0) is 47.1 Å². The zero-order valence-electron chi connectivity index (χ0n) is 25.1. The molecule has 0 saturated heterocycles. The van der Waals surface area contributed by atoms with E-state index in [1.54, 1.807) is 30.7 Å². The third kappa shape index (κ3) is 5.47. The third-order valence-corrected chi connectivity index (χ3v) is 9.02. The normalized spacial score (nSPS) is 16.6. The highest BCUT2D eigenvalue weighted by Crippen LogP contribution is 2.46. The maximum atomic E-state index is 13.6. The molecule has 7 rings (SSSR count). The SMILES string of the molecule is Cc1ccc2[nH]ncc2c1CN(Cc1ccc(C(F)(F)F)cc1)C(=O)CNC(=O)c1cc2c(cn1)CC1(C2)C(=O)Nc2ncccc21. The summed E-state index contributed by atoms with van der Waals surface area (Å²) in [5.41, 5.74) is 4.00. The van der Waals surface area contributed by atoms with E-state index in [2.05, 4.69) is 30.8 Å². The molecule has 1 aliphatic heterocycles. The number of aryl methyl sites for hydroxylation is 1. The maximum Gasteiger partial charge on any atom is 0.416 e. The molecular formula is C34H28F3N7O3. The van der Waals surface area contributed by atoms with E-state index in [0.717, 1.165) is 50.9 Å². The van der Waals surface area contributed by atoms with E-state index < -0.39 is 29.0 Å². The number of aromatic nitrogens is 4. The lowest BCUT2D eigenvalue weighted by Gasteiger charge is -2.25. The molecule has 1 atom stereocenters. The van der Waals surface area contributed by atoms with Gasteiger partial charge < -0.3 is 15.5 Å². The van der Waals surface area contributed by atoms with Gasteiger partial charge >= 0.3 is 6.18 Å². The number of amides is 3. The Morgan fingerprint density at radius 3 is 2.57 bits per heavy atom. The molecule has 2 aromatic carbocycles. The Labute approximate surface area is 266 Å². The van der Waals surface area contributed by atoms with Crippen LogP contribution in [0.5, 0.6) is 0 Å². The van der Waals surface area contributed by atoms with Gasteiger partial charge in [0.25, 0.3) is 5.91 Å². The van der Waals surface area contributed by atoms with Crippen LogP contribution >= 0.6 is 0 Å². The van der Waals surface area contributed by atoms with Crippen molar-refractivity contribution in [1.29, 1.82) is 0 Å². The number of pyridine rings is 2. The minimum atomic E-state index is -4.48. The lowest BCUT2D eigenvalue weighted by atomic mass is 9.79. The summed E-state index contributed by atoms with van der Waals surface area (Å²) in [4.78, 5) is 50.0.